The molecule has 12 heteroatoms. The van der Waals surface area contributed by atoms with Crippen molar-refractivity contribution < 1.29 is 19.2 Å². The number of anilines is 1. The Hall–Kier alpha value is -5.64. The first-order valence-electron chi connectivity index (χ1n) is 14.3. The van der Waals surface area contributed by atoms with Crippen molar-refractivity contribution >= 4 is 51.7 Å². The van der Waals surface area contributed by atoms with Gasteiger partial charge in [-0.1, -0.05) is 60.7 Å². The SMILES string of the molecule is CCOC(=O)c1c(NC(=O)/C(C#N)=C\c2cc([N+](=O)[O-])ccc2Sc2nc(-c3ccccc3)cc(-c3ccccc3)n2)sc(C)c1C. The van der Waals surface area contributed by atoms with E-state index in [-0.39, 0.29) is 34.0 Å². The minimum absolute atomic E-state index is 0.155. The van der Waals surface area contributed by atoms with E-state index >= 15 is 0 Å². The van der Waals surface area contributed by atoms with Gasteiger partial charge in [0, 0.05) is 33.0 Å². The molecule has 0 aliphatic rings. The van der Waals surface area contributed by atoms with Gasteiger partial charge in [0.05, 0.1) is 28.5 Å². The molecule has 0 fully saturated rings. The number of nitro benzene ring substituents is 1. The number of benzene rings is 3. The van der Waals surface area contributed by atoms with E-state index in [1.54, 1.807) is 13.8 Å². The van der Waals surface area contributed by atoms with Gasteiger partial charge in [-0.2, -0.15) is 5.26 Å². The quantitative estimate of drug-likeness (QED) is 0.0390. The number of nitrogens with zero attached hydrogens (tertiary/aromatic N) is 4. The maximum absolute atomic E-state index is 13.4. The first kappa shape index (κ1) is 32.7. The van der Waals surface area contributed by atoms with E-state index in [1.165, 1.54) is 35.6 Å². The molecule has 10 nitrogen and oxygen atoms in total. The lowest BCUT2D eigenvalue weighted by molar-refractivity contribution is -0.384. The van der Waals surface area contributed by atoms with Crippen LogP contribution in [0.25, 0.3) is 28.6 Å². The van der Waals surface area contributed by atoms with Crippen LogP contribution in [0.1, 0.15) is 33.3 Å². The Kier molecular flexibility index (Phi) is 10.2. The van der Waals surface area contributed by atoms with Crippen LogP contribution in [-0.2, 0) is 9.53 Å². The molecular weight excluding hydrogens is 635 g/mol. The number of hydrogen-bond acceptors (Lipinski definition) is 10. The molecule has 2 heterocycles. The molecule has 0 bridgehead atoms. The lowest BCUT2D eigenvalue weighted by Crippen LogP contribution is -2.16. The van der Waals surface area contributed by atoms with Crippen LogP contribution >= 0.6 is 23.1 Å². The Bertz CT molecular complexity index is 2000. The van der Waals surface area contributed by atoms with Crippen LogP contribution in [0.3, 0.4) is 0 Å². The molecule has 3 aromatic carbocycles. The van der Waals surface area contributed by atoms with Gasteiger partial charge >= 0.3 is 5.97 Å². The molecule has 0 aliphatic heterocycles. The van der Waals surface area contributed by atoms with Crippen molar-refractivity contribution in [2.45, 2.75) is 30.8 Å². The molecule has 1 amide bonds. The van der Waals surface area contributed by atoms with Crippen molar-refractivity contribution in [3.05, 3.63) is 122 Å². The van der Waals surface area contributed by atoms with E-state index in [2.05, 4.69) is 5.32 Å². The number of rotatable bonds is 10. The first-order valence-corrected chi connectivity index (χ1v) is 16.0. The lowest BCUT2D eigenvalue weighted by atomic mass is 10.1. The number of esters is 1. The van der Waals surface area contributed by atoms with Crippen molar-refractivity contribution in [3.8, 4) is 28.6 Å². The number of hydrogen-bond donors (Lipinski definition) is 1. The molecule has 234 valence electrons. The molecule has 5 aromatic rings. The minimum Gasteiger partial charge on any atom is -0.462 e. The molecule has 0 atom stereocenters. The standard InChI is InChI=1S/C35H27N5O5S2/c1-4-45-34(42)31-21(2)22(3)46-33(31)39-32(41)26(20-36)17-25-18-27(40(43)44)15-16-30(25)47-35-37-28(23-11-7-5-8-12-23)19-29(38-35)24-13-9-6-10-14-24/h5-19H,4H2,1-3H3,(H,39,41)/b26-17-. The normalized spacial score (nSPS) is 11.1. The van der Waals surface area contributed by atoms with E-state index in [4.69, 9.17) is 14.7 Å². The highest BCUT2D eigenvalue weighted by molar-refractivity contribution is 7.99. The summed E-state index contributed by atoms with van der Waals surface area (Å²) in [5.74, 6) is -1.37. The zero-order valence-electron chi connectivity index (χ0n) is 25.5. The summed E-state index contributed by atoms with van der Waals surface area (Å²) in [7, 11) is 0. The molecule has 0 aliphatic carbocycles. The second kappa shape index (κ2) is 14.6. The second-order valence-corrected chi connectivity index (χ2v) is 12.3. The maximum atomic E-state index is 13.4. The first-order chi connectivity index (χ1) is 22.7. The second-order valence-electron chi connectivity index (χ2n) is 10.1. The number of carbonyl (C=O) groups excluding carboxylic acids is 2. The average molecular weight is 662 g/mol. The van der Waals surface area contributed by atoms with Gasteiger partial charge in [-0.25, -0.2) is 14.8 Å². The third-order valence-corrected chi connectivity index (χ3v) is 9.09. The Balaban J connectivity index is 1.55. The fourth-order valence-corrected chi connectivity index (χ4v) is 6.48. The van der Waals surface area contributed by atoms with Gasteiger partial charge in [0.15, 0.2) is 5.16 Å². The maximum Gasteiger partial charge on any atom is 0.341 e. The lowest BCUT2D eigenvalue weighted by Gasteiger charge is -2.11. The van der Waals surface area contributed by atoms with E-state index in [1.807, 2.05) is 79.7 Å². The number of aryl methyl sites for hydroxylation is 1. The summed E-state index contributed by atoms with van der Waals surface area (Å²) >= 11 is 2.34. The van der Waals surface area contributed by atoms with Crippen LogP contribution in [0, 0.1) is 35.3 Å². The topological polar surface area (TPSA) is 148 Å². The fourth-order valence-electron chi connectivity index (χ4n) is 4.58. The molecule has 0 saturated carbocycles. The number of non-ortho nitro benzene ring substituents is 1. The number of thiophene rings is 1. The van der Waals surface area contributed by atoms with Crippen LogP contribution < -0.4 is 5.32 Å². The van der Waals surface area contributed by atoms with Crippen LogP contribution in [0.4, 0.5) is 10.7 Å². The van der Waals surface area contributed by atoms with Gasteiger partial charge in [-0.15, -0.1) is 11.3 Å². The number of aromatic nitrogens is 2. The fraction of sp³-hybridized carbons (Fsp3) is 0.114. The van der Waals surface area contributed by atoms with Crippen molar-refractivity contribution in [3.63, 3.8) is 0 Å². The molecular formula is C35H27N5O5S2. The Morgan fingerprint density at radius 2 is 1.62 bits per heavy atom. The third-order valence-electron chi connectivity index (χ3n) is 7.01. The van der Waals surface area contributed by atoms with Crippen LogP contribution in [0.15, 0.2) is 101 Å². The number of nitrogens with one attached hydrogen (secondary N) is 1. The molecule has 5 rings (SSSR count). The van der Waals surface area contributed by atoms with E-state index in [0.717, 1.165) is 27.8 Å². The van der Waals surface area contributed by atoms with Crippen molar-refractivity contribution in [1.29, 1.82) is 5.26 Å². The van der Waals surface area contributed by atoms with Gasteiger partial charge in [-0.3, -0.25) is 14.9 Å². The number of ether oxygens (including phenoxy) is 1. The highest BCUT2D eigenvalue weighted by Crippen LogP contribution is 2.36. The highest BCUT2D eigenvalue weighted by Gasteiger charge is 2.24. The van der Waals surface area contributed by atoms with E-state index < -0.39 is 16.8 Å². The van der Waals surface area contributed by atoms with Gasteiger partial charge < -0.3 is 10.1 Å². The Morgan fingerprint density at radius 1 is 1.00 bits per heavy atom. The molecule has 0 spiro atoms. The predicted octanol–water partition coefficient (Wildman–Crippen LogP) is 8.27. The van der Waals surface area contributed by atoms with E-state index in [0.29, 0.717) is 27.0 Å². The summed E-state index contributed by atoms with van der Waals surface area (Å²) in [4.78, 5) is 48.0. The zero-order valence-corrected chi connectivity index (χ0v) is 27.1. The molecule has 47 heavy (non-hydrogen) atoms. The summed E-state index contributed by atoms with van der Waals surface area (Å²) in [5.41, 5.74) is 3.69. The Labute approximate surface area is 278 Å². The van der Waals surface area contributed by atoms with Gasteiger partial charge in [0.25, 0.3) is 11.6 Å². The zero-order chi connectivity index (χ0) is 33.5. The van der Waals surface area contributed by atoms with Crippen LogP contribution in [0.5, 0.6) is 0 Å². The monoisotopic (exact) mass is 661 g/mol. The summed E-state index contributed by atoms with van der Waals surface area (Å²) in [6, 6.07) is 27.2. The van der Waals surface area contributed by atoms with E-state index in [9.17, 15) is 25.0 Å². The van der Waals surface area contributed by atoms with Crippen LogP contribution in [0.2, 0.25) is 0 Å². The van der Waals surface area contributed by atoms with Gasteiger partial charge in [-0.05, 0) is 61.9 Å². The number of nitro groups is 1. The smallest absolute Gasteiger partial charge is 0.341 e. The minimum atomic E-state index is -0.782. The molecule has 0 radical (unpaired) electrons. The van der Waals surface area contributed by atoms with Crippen molar-refractivity contribution in [1.82, 2.24) is 9.97 Å². The van der Waals surface area contributed by atoms with Crippen molar-refractivity contribution in [2.24, 2.45) is 0 Å². The number of nitriles is 1. The van der Waals surface area contributed by atoms with Crippen molar-refractivity contribution in [2.75, 3.05) is 11.9 Å². The largest absolute Gasteiger partial charge is 0.462 e. The summed E-state index contributed by atoms with van der Waals surface area (Å²) in [6.45, 7) is 5.40. The molecule has 0 saturated heterocycles. The Morgan fingerprint density at radius 3 is 2.17 bits per heavy atom. The average Bonchev–Trinajstić information content (AvgIpc) is 3.36. The number of carbonyl (C=O) groups is 2. The molecule has 2 aromatic heterocycles. The molecule has 0 unspecified atom stereocenters. The highest BCUT2D eigenvalue weighted by atomic mass is 32.2. The summed E-state index contributed by atoms with van der Waals surface area (Å²) in [5, 5.41) is 25.0. The predicted molar refractivity (Wildman–Crippen MR) is 182 cm³/mol. The van der Waals surface area contributed by atoms with Gasteiger partial charge in [0.1, 0.15) is 16.6 Å². The van der Waals surface area contributed by atoms with Crippen LogP contribution in [-0.4, -0.2) is 33.4 Å². The summed E-state index contributed by atoms with van der Waals surface area (Å²) in [6.07, 6.45) is 1.28. The molecule has 1 N–H and O–H groups in total. The third kappa shape index (κ3) is 7.61. The summed E-state index contributed by atoms with van der Waals surface area (Å²) < 4.78 is 5.17. The number of amides is 1. The van der Waals surface area contributed by atoms with Gasteiger partial charge in [0.2, 0.25) is 0 Å².